The molecular formula is C17H25BrN2O. The van der Waals surface area contributed by atoms with Crippen molar-refractivity contribution in [3.8, 4) is 0 Å². The predicted molar refractivity (Wildman–Crippen MR) is 91.4 cm³/mol. The van der Waals surface area contributed by atoms with Crippen LogP contribution in [0, 0.1) is 5.92 Å². The zero-order valence-electron chi connectivity index (χ0n) is 12.7. The minimum Gasteiger partial charge on any atom is -0.324 e. The number of carbonyl (C=O) groups is 1. The van der Waals surface area contributed by atoms with Crippen molar-refractivity contribution < 1.29 is 4.79 Å². The molecule has 1 aliphatic rings. The molecule has 116 valence electrons. The molecule has 0 bridgehead atoms. The van der Waals surface area contributed by atoms with E-state index in [4.69, 9.17) is 0 Å². The summed E-state index contributed by atoms with van der Waals surface area (Å²) in [6, 6.07) is 8.09. The SMILES string of the molecule is C[C@@H](NCC(=O)Nc1ccccc1Br)C1CCCCCC1. The quantitative estimate of drug-likeness (QED) is 0.774. The average molecular weight is 353 g/mol. The van der Waals surface area contributed by atoms with Crippen LogP contribution in [-0.2, 0) is 4.79 Å². The van der Waals surface area contributed by atoms with Crippen LogP contribution in [-0.4, -0.2) is 18.5 Å². The number of anilines is 1. The van der Waals surface area contributed by atoms with Crippen molar-refractivity contribution in [2.45, 2.75) is 51.5 Å². The molecule has 1 aromatic rings. The van der Waals surface area contributed by atoms with Gasteiger partial charge in [0.05, 0.1) is 12.2 Å². The van der Waals surface area contributed by atoms with Crippen molar-refractivity contribution in [1.82, 2.24) is 5.32 Å². The molecule has 0 aliphatic heterocycles. The smallest absolute Gasteiger partial charge is 0.238 e. The van der Waals surface area contributed by atoms with E-state index in [1.54, 1.807) is 0 Å². The standard InChI is InChI=1S/C17H25BrN2O/c1-13(14-8-4-2-3-5-9-14)19-12-17(21)20-16-11-7-6-10-15(16)18/h6-7,10-11,13-14,19H,2-5,8-9,12H2,1H3,(H,20,21)/t13-/m1/s1. The predicted octanol–water partition coefficient (Wildman–Crippen LogP) is 4.34. The van der Waals surface area contributed by atoms with Crippen LogP contribution < -0.4 is 10.6 Å². The van der Waals surface area contributed by atoms with Crippen molar-refractivity contribution >= 4 is 27.5 Å². The van der Waals surface area contributed by atoms with Crippen molar-refractivity contribution in [3.63, 3.8) is 0 Å². The van der Waals surface area contributed by atoms with Gasteiger partial charge in [0.2, 0.25) is 5.91 Å². The first-order chi connectivity index (χ1) is 10.2. The van der Waals surface area contributed by atoms with E-state index in [2.05, 4.69) is 33.5 Å². The molecule has 0 aromatic heterocycles. The third kappa shape index (κ3) is 5.44. The molecule has 0 unspecified atom stereocenters. The second kappa shape index (κ2) is 8.54. The van der Waals surface area contributed by atoms with Crippen LogP contribution in [0.3, 0.4) is 0 Å². The normalized spacial score (nSPS) is 18.0. The lowest BCUT2D eigenvalue weighted by atomic mass is 9.93. The minimum absolute atomic E-state index is 0.0161. The highest BCUT2D eigenvalue weighted by molar-refractivity contribution is 9.10. The highest BCUT2D eigenvalue weighted by Crippen LogP contribution is 2.25. The van der Waals surface area contributed by atoms with Crippen LogP contribution in [0.2, 0.25) is 0 Å². The van der Waals surface area contributed by atoms with Gasteiger partial charge < -0.3 is 10.6 Å². The monoisotopic (exact) mass is 352 g/mol. The second-order valence-corrected chi connectivity index (χ2v) is 6.80. The molecule has 21 heavy (non-hydrogen) atoms. The maximum absolute atomic E-state index is 12.0. The molecule has 0 saturated heterocycles. The Kier molecular flexibility index (Phi) is 6.71. The minimum atomic E-state index is 0.0161. The summed E-state index contributed by atoms with van der Waals surface area (Å²) in [5, 5.41) is 6.32. The first-order valence-electron chi connectivity index (χ1n) is 7.94. The van der Waals surface area contributed by atoms with Crippen LogP contribution in [0.15, 0.2) is 28.7 Å². The number of halogens is 1. The maximum atomic E-state index is 12.0. The van der Waals surface area contributed by atoms with E-state index in [0.29, 0.717) is 18.5 Å². The number of rotatable bonds is 5. The Morgan fingerprint density at radius 3 is 2.57 bits per heavy atom. The topological polar surface area (TPSA) is 41.1 Å². The van der Waals surface area contributed by atoms with Crippen molar-refractivity contribution in [3.05, 3.63) is 28.7 Å². The van der Waals surface area contributed by atoms with Gasteiger partial charge >= 0.3 is 0 Å². The highest BCUT2D eigenvalue weighted by Gasteiger charge is 2.19. The van der Waals surface area contributed by atoms with Gasteiger partial charge in [0.1, 0.15) is 0 Å². The number of hydrogen-bond acceptors (Lipinski definition) is 2. The van der Waals surface area contributed by atoms with E-state index in [1.807, 2.05) is 24.3 Å². The molecule has 1 atom stereocenters. The van der Waals surface area contributed by atoms with Crippen LogP contribution in [0.5, 0.6) is 0 Å². The van der Waals surface area contributed by atoms with E-state index in [9.17, 15) is 4.79 Å². The van der Waals surface area contributed by atoms with E-state index < -0.39 is 0 Å². The van der Waals surface area contributed by atoms with Gasteiger partial charge in [-0.25, -0.2) is 0 Å². The van der Waals surface area contributed by atoms with Crippen molar-refractivity contribution in [2.75, 3.05) is 11.9 Å². The van der Waals surface area contributed by atoms with Gasteiger partial charge in [-0.05, 0) is 53.7 Å². The van der Waals surface area contributed by atoms with E-state index in [0.717, 1.165) is 10.2 Å². The number of nitrogens with one attached hydrogen (secondary N) is 2. The Balaban J connectivity index is 1.76. The molecule has 1 aromatic carbocycles. The molecule has 1 aliphatic carbocycles. The Morgan fingerprint density at radius 1 is 1.24 bits per heavy atom. The van der Waals surface area contributed by atoms with Gasteiger partial charge in [-0.1, -0.05) is 37.8 Å². The van der Waals surface area contributed by atoms with Crippen LogP contribution in [0.1, 0.15) is 45.4 Å². The number of carbonyl (C=O) groups excluding carboxylic acids is 1. The summed E-state index contributed by atoms with van der Waals surface area (Å²) in [4.78, 5) is 12.0. The fourth-order valence-electron chi connectivity index (χ4n) is 2.99. The highest BCUT2D eigenvalue weighted by atomic mass is 79.9. The first-order valence-corrected chi connectivity index (χ1v) is 8.74. The lowest BCUT2D eigenvalue weighted by molar-refractivity contribution is -0.115. The summed E-state index contributed by atoms with van der Waals surface area (Å²) < 4.78 is 0.912. The summed E-state index contributed by atoms with van der Waals surface area (Å²) in [7, 11) is 0. The van der Waals surface area contributed by atoms with Gasteiger partial charge in [-0.15, -0.1) is 0 Å². The Labute approximate surface area is 136 Å². The van der Waals surface area contributed by atoms with E-state index in [1.165, 1.54) is 38.5 Å². The van der Waals surface area contributed by atoms with Gasteiger partial charge in [-0.3, -0.25) is 4.79 Å². The third-order valence-corrected chi connectivity index (χ3v) is 5.03. The molecule has 1 saturated carbocycles. The molecule has 2 N–H and O–H groups in total. The summed E-state index contributed by atoms with van der Waals surface area (Å²) in [6.07, 6.45) is 7.98. The Bertz CT molecular complexity index is 456. The number of amides is 1. The number of para-hydroxylation sites is 1. The zero-order chi connectivity index (χ0) is 15.1. The average Bonchev–Trinajstić information content (AvgIpc) is 2.76. The molecule has 3 nitrogen and oxygen atoms in total. The van der Waals surface area contributed by atoms with Crippen molar-refractivity contribution in [2.24, 2.45) is 5.92 Å². The zero-order valence-corrected chi connectivity index (χ0v) is 14.3. The second-order valence-electron chi connectivity index (χ2n) is 5.95. The van der Waals surface area contributed by atoms with Gasteiger partial charge in [-0.2, -0.15) is 0 Å². The van der Waals surface area contributed by atoms with E-state index >= 15 is 0 Å². The largest absolute Gasteiger partial charge is 0.324 e. The van der Waals surface area contributed by atoms with Crippen molar-refractivity contribution in [1.29, 1.82) is 0 Å². The number of benzene rings is 1. The fourth-order valence-corrected chi connectivity index (χ4v) is 3.37. The Morgan fingerprint density at radius 2 is 1.90 bits per heavy atom. The molecular weight excluding hydrogens is 328 g/mol. The maximum Gasteiger partial charge on any atom is 0.238 e. The van der Waals surface area contributed by atoms with Crippen LogP contribution in [0.25, 0.3) is 0 Å². The molecule has 0 radical (unpaired) electrons. The lowest BCUT2D eigenvalue weighted by Gasteiger charge is -2.23. The summed E-state index contributed by atoms with van der Waals surface area (Å²) >= 11 is 3.44. The Hall–Kier alpha value is -0.870. The first kappa shape index (κ1) is 16.5. The third-order valence-electron chi connectivity index (χ3n) is 4.34. The molecule has 4 heteroatoms. The summed E-state index contributed by atoms with van der Waals surface area (Å²) in [5.41, 5.74) is 0.825. The number of hydrogen-bond donors (Lipinski definition) is 2. The summed E-state index contributed by atoms with van der Waals surface area (Å²) in [5.74, 6) is 0.728. The molecule has 0 heterocycles. The van der Waals surface area contributed by atoms with Crippen LogP contribution >= 0.6 is 15.9 Å². The summed E-state index contributed by atoms with van der Waals surface area (Å²) in [6.45, 7) is 2.58. The molecule has 1 fully saturated rings. The molecule has 2 rings (SSSR count). The van der Waals surface area contributed by atoms with Gasteiger partial charge in [0.25, 0.3) is 0 Å². The van der Waals surface area contributed by atoms with Gasteiger partial charge in [0, 0.05) is 10.5 Å². The van der Waals surface area contributed by atoms with E-state index in [-0.39, 0.29) is 5.91 Å². The van der Waals surface area contributed by atoms with Gasteiger partial charge in [0.15, 0.2) is 0 Å². The van der Waals surface area contributed by atoms with Crippen LogP contribution in [0.4, 0.5) is 5.69 Å². The lowest BCUT2D eigenvalue weighted by Crippen LogP contribution is -2.38. The molecule has 1 amide bonds. The fraction of sp³-hybridized carbons (Fsp3) is 0.588. The molecule has 0 spiro atoms.